The number of aryl methyl sites for hydroxylation is 1. The molecule has 4 aromatic rings. The Morgan fingerprint density at radius 1 is 1.21 bits per heavy atom. The molecule has 0 radical (unpaired) electrons. The van der Waals surface area contributed by atoms with E-state index in [1.165, 1.54) is 31.2 Å². The van der Waals surface area contributed by atoms with E-state index >= 15 is 0 Å². The first-order valence-corrected chi connectivity index (χ1v) is 10.2. The SMILES string of the molecule is Cc1cc2n[nH]c(=O)n2c2cc(-c3cccc(CNC4CCCC4)c3)c(O)cc12. The molecule has 0 aliphatic heterocycles. The van der Waals surface area contributed by atoms with E-state index < -0.39 is 0 Å². The van der Waals surface area contributed by atoms with Crippen LogP contribution in [0, 0.1) is 6.92 Å². The Morgan fingerprint density at radius 2 is 2.03 bits per heavy atom. The van der Waals surface area contributed by atoms with E-state index in [1.54, 1.807) is 10.5 Å². The molecule has 5 rings (SSSR count). The van der Waals surface area contributed by atoms with Gasteiger partial charge in [-0.2, -0.15) is 5.10 Å². The summed E-state index contributed by atoms with van der Waals surface area (Å²) in [6.45, 7) is 2.77. The molecule has 0 unspecified atom stereocenters. The topological polar surface area (TPSA) is 82.4 Å². The number of benzene rings is 2. The number of H-pyrrole nitrogens is 1. The van der Waals surface area contributed by atoms with Crippen molar-refractivity contribution in [2.75, 3.05) is 0 Å². The Balaban J connectivity index is 1.58. The number of aromatic nitrogens is 3. The number of nitrogens with zero attached hydrogens (tertiary/aromatic N) is 2. The van der Waals surface area contributed by atoms with Gasteiger partial charge in [0.1, 0.15) is 5.75 Å². The number of phenols is 1. The lowest BCUT2D eigenvalue weighted by Crippen LogP contribution is -2.25. The zero-order chi connectivity index (χ0) is 20.0. The highest BCUT2D eigenvalue weighted by molar-refractivity contribution is 5.92. The van der Waals surface area contributed by atoms with Gasteiger partial charge in [0.2, 0.25) is 0 Å². The minimum Gasteiger partial charge on any atom is -0.507 e. The van der Waals surface area contributed by atoms with Gasteiger partial charge >= 0.3 is 5.69 Å². The van der Waals surface area contributed by atoms with E-state index in [-0.39, 0.29) is 11.4 Å². The van der Waals surface area contributed by atoms with Crippen LogP contribution in [0.2, 0.25) is 0 Å². The fourth-order valence-electron chi connectivity index (χ4n) is 4.46. The van der Waals surface area contributed by atoms with Crippen LogP contribution in [0.1, 0.15) is 36.8 Å². The van der Waals surface area contributed by atoms with Crippen LogP contribution in [-0.4, -0.2) is 25.7 Å². The zero-order valence-electron chi connectivity index (χ0n) is 16.4. The van der Waals surface area contributed by atoms with Crippen molar-refractivity contribution in [1.29, 1.82) is 0 Å². The number of hydrogen-bond donors (Lipinski definition) is 3. The predicted octanol–water partition coefficient (Wildman–Crippen LogP) is 3.89. The lowest BCUT2D eigenvalue weighted by Gasteiger charge is -2.14. The summed E-state index contributed by atoms with van der Waals surface area (Å²) < 4.78 is 1.55. The molecule has 6 heteroatoms. The van der Waals surface area contributed by atoms with Crippen LogP contribution < -0.4 is 11.0 Å². The minimum atomic E-state index is -0.281. The quantitative estimate of drug-likeness (QED) is 0.495. The Hall–Kier alpha value is -3.12. The molecule has 1 fully saturated rings. The van der Waals surface area contributed by atoms with Gasteiger partial charge in [0.05, 0.1) is 5.52 Å². The number of nitrogens with one attached hydrogen (secondary N) is 2. The molecule has 148 valence electrons. The summed E-state index contributed by atoms with van der Waals surface area (Å²) in [5.41, 5.74) is 4.82. The standard InChI is InChI=1S/C23H24N4O2/c1-14-9-22-25-26-23(29)27(22)20-11-19(21(28)12-18(14)20)16-6-4-5-15(10-16)13-24-17-7-2-3-8-17/h4-6,9-12,17,24,28H,2-3,7-8,13H2,1H3,(H,26,29). The van der Waals surface area contributed by atoms with Gasteiger partial charge in [-0.25, -0.2) is 14.3 Å². The summed E-state index contributed by atoms with van der Waals surface area (Å²) in [7, 11) is 0. The highest BCUT2D eigenvalue weighted by atomic mass is 16.3. The highest BCUT2D eigenvalue weighted by Crippen LogP contribution is 2.35. The van der Waals surface area contributed by atoms with E-state index in [9.17, 15) is 9.90 Å². The molecular formula is C23H24N4O2. The third-order valence-corrected chi connectivity index (χ3v) is 6.01. The van der Waals surface area contributed by atoms with Crippen LogP contribution in [0.5, 0.6) is 5.75 Å². The molecule has 0 amide bonds. The molecule has 2 heterocycles. The lowest BCUT2D eigenvalue weighted by molar-refractivity contribution is 0.478. The van der Waals surface area contributed by atoms with E-state index in [1.807, 2.05) is 31.2 Å². The average molecular weight is 388 g/mol. The van der Waals surface area contributed by atoms with E-state index in [0.717, 1.165) is 28.6 Å². The van der Waals surface area contributed by atoms with Crippen molar-refractivity contribution in [3.05, 3.63) is 64.1 Å². The lowest BCUT2D eigenvalue weighted by atomic mass is 9.99. The number of phenolic OH excluding ortho intramolecular Hbond substituents is 1. The van der Waals surface area contributed by atoms with Gasteiger partial charge in [-0.1, -0.05) is 31.0 Å². The van der Waals surface area contributed by atoms with Crippen molar-refractivity contribution in [3.63, 3.8) is 0 Å². The second-order valence-corrected chi connectivity index (χ2v) is 8.00. The fourth-order valence-corrected chi connectivity index (χ4v) is 4.46. The van der Waals surface area contributed by atoms with E-state index in [0.29, 0.717) is 17.3 Å². The smallest absolute Gasteiger partial charge is 0.348 e. The monoisotopic (exact) mass is 388 g/mol. The highest BCUT2D eigenvalue weighted by Gasteiger charge is 2.15. The molecule has 1 saturated carbocycles. The molecule has 1 aliphatic carbocycles. The number of aromatic hydroxyl groups is 1. The van der Waals surface area contributed by atoms with Crippen molar-refractivity contribution < 1.29 is 5.11 Å². The zero-order valence-corrected chi connectivity index (χ0v) is 16.4. The summed E-state index contributed by atoms with van der Waals surface area (Å²) in [6.07, 6.45) is 5.12. The normalized spacial score (nSPS) is 14.9. The maximum atomic E-state index is 12.3. The van der Waals surface area contributed by atoms with Crippen molar-refractivity contribution in [2.24, 2.45) is 0 Å². The van der Waals surface area contributed by atoms with Crippen molar-refractivity contribution in [3.8, 4) is 16.9 Å². The van der Waals surface area contributed by atoms with E-state index in [4.69, 9.17) is 0 Å². The van der Waals surface area contributed by atoms with Gasteiger partial charge in [0.15, 0.2) is 5.65 Å². The Kier molecular flexibility index (Phi) is 4.36. The summed E-state index contributed by atoms with van der Waals surface area (Å²) in [5.74, 6) is 0.206. The summed E-state index contributed by atoms with van der Waals surface area (Å²) in [5, 5.41) is 21.8. The van der Waals surface area contributed by atoms with Crippen LogP contribution in [0.25, 0.3) is 27.7 Å². The second-order valence-electron chi connectivity index (χ2n) is 8.00. The Morgan fingerprint density at radius 3 is 2.86 bits per heavy atom. The summed E-state index contributed by atoms with van der Waals surface area (Å²) in [6, 6.07) is 14.3. The molecule has 0 saturated heterocycles. The van der Waals surface area contributed by atoms with Crippen LogP contribution in [0.15, 0.2) is 47.3 Å². The maximum Gasteiger partial charge on any atom is 0.348 e. The van der Waals surface area contributed by atoms with Crippen LogP contribution in [-0.2, 0) is 6.54 Å². The van der Waals surface area contributed by atoms with Crippen LogP contribution in [0.3, 0.4) is 0 Å². The molecular weight excluding hydrogens is 364 g/mol. The van der Waals surface area contributed by atoms with Crippen LogP contribution in [0.4, 0.5) is 0 Å². The molecule has 6 nitrogen and oxygen atoms in total. The van der Waals surface area contributed by atoms with Crippen molar-refractivity contribution in [2.45, 2.75) is 45.2 Å². The van der Waals surface area contributed by atoms with Gasteiger partial charge in [-0.3, -0.25) is 0 Å². The molecule has 0 spiro atoms. The fraction of sp³-hybridized carbons (Fsp3) is 0.304. The molecule has 29 heavy (non-hydrogen) atoms. The van der Waals surface area contributed by atoms with Crippen molar-refractivity contribution >= 4 is 16.6 Å². The first-order chi connectivity index (χ1) is 14.1. The van der Waals surface area contributed by atoms with Crippen LogP contribution >= 0.6 is 0 Å². The molecule has 1 aliphatic rings. The first kappa shape index (κ1) is 17.9. The maximum absolute atomic E-state index is 12.3. The number of rotatable bonds is 4. The molecule has 0 bridgehead atoms. The number of hydrogen-bond acceptors (Lipinski definition) is 4. The Labute approximate surface area is 168 Å². The molecule has 0 atom stereocenters. The Bertz CT molecular complexity index is 1270. The molecule has 3 N–H and O–H groups in total. The molecule has 2 aromatic carbocycles. The number of fused-ring (bicyclic) bond motifs is 3. The minimum absolute atomic E-state index is 0.206. The van der Waals surface area contributed by atoms with E-state index in [2.05, 4.69) is 27.6 Å². The average Bonchev–Trinajstić information content (AvgIpc) is 3.37. The predicted molar refractivity (Wildman–Crippen MR) is 114 cm³/mol. The summed E-state index contributed by atoms with van der Waals surface area (Å²) in [4.78, 5) is 12.3. The van der Waals surface area contributed by atoms with Gasteiger partial charge in [0.25, 0.3) is 0 Å². The van der Waals surface area contributed by atoms with Gasteiger partial charge in [-0.15, -0.1) is 0 Å². The van der Waals surface area contributed by atoms with Gasteiger partial charge < -0.3 is 10.4 Å². The van der Waals surface area contributed by atoms with Crippen molar-refractivity contribution in [1.82, 2.24) is 19.9 Å². The third kappa shape index (κ3) is 3.19. The third-order valence-electron chi connectivity index (χ3n) is 6.01. The number of pyridine rings is 1. The summed E-state index contributed by atoms with van der Waals surface area (Å²) >= 11 is 0. The van der Waals surface area contributed by atoms with Gasteiger partial charge in [0, 0.05) is 23.5 Å². The largest absolute Gasteiger partial charge is 0.507 e. The van der Waals surface area contributed by atoms with Gasteiger partial charge in [-0.05, 0) is 60.7 Å². The second kappa shape index (κ2) is 7.04. The first-order valence-electron chi connectivity index (χ1n) is 10.2. The number of aromatic amines is 1. The molecule has 2 aromatic heterocycles.